The predicted octanol–water partition coefficient (Wildman–Crippen LogP) is 2.16. The number of hydrogen-bond acceptors (Lipinski definition) is 5. The molecule has 5 nitrogen and oxygen atoms in total. The van der Waals surface area contributed by atoms with Crippen LogP contribution in [0.25, 0.3) is 0 Å². The van der Waals surface area contributed by atoms with Crippen LogP contribution in [0.5, 0.6) is 0 Å². The number of piperidine rings is 1. The first-order valence-electron chi connectivity index (χ1n) is 7.02. The first-order chi connectivity index (χ1) is 9.17. The zero-order chi connectivity index (χ0) is 13.7. The van der Waals surface area contributed by atoms with E-state index >= 15 is 0 Å². The number of carbonyl (C=O) groups excluding carboxylic acids is 1. The van der Waals surface area contributed by atoms with Gasteiger partial charge in [0.2, 0.25) is 11.0 Å². The van der Waals surface area contributed by atoms with E-state index in [2.05, 4.69) is 34.3 Å². The predicted molar refractivity (Wildman–Crippen MR) is 77.4 cm³/mol. The molecule has 1 amide bonds. The lowest BCUT2D eigenvalue weighted by molar-refractivity contribution is -0.117. The largest absolute Gasteiger partial charge is 0.299 e. The Balaban J connectivity index is 1.79. The van der Waals surface area contributed by atoms with Crippen molar-refractivity contribution < 1.29 is 4.79 Å². The van der Waals surface area contributed by atoms with Crippen molar-refractivity contribution in [3.8, 4) is 0 Å². The fourth-order valence-electron chi connectivity index (χ4n) is 2.41. The van der Waals surface area contributed by atoms with Crippen LogP contribution in [0.3, 0.4) is 0 Å². The van der Waals surface area contributed by atoms with Crippen molar-refractivity contribution in [2.75, 3.05) is 25.0 Å². The number of anilines is 1. The molecule has 1 saturated heterocycles. The van der Waals surface area contributed by atoms with E-state index in [1.165, 1.54) is 24.2 Å². The Bertz CT molecular complexity index is 421. The molecule has 0 spiro atoms. The molecule has 1 aliphatic heterocycles. The molecule has 1 atom stereocenters. The number of nitrogens with one attached hydrogen (secondary N) is 1. The summed E-state index contributed by atoms with van der Waals surface area (Å²) >= 11 is 1.48. The van der Waals surface area contributed by atoms with E-state index in [9.17, 15) is 4.79 Å². The number of carbonyl (C=O) groups is 1. The lowest BCUT2D eigenvalue weighted by Crippen LogP contribution is -2.39. The third-order valence-corrected chi connectivity index (χ3v) is 4.18. The van der Waals surface area contributed by atoms with Gasteiger partial charge < -0.3 is 0 Å². The van der Waals surface area contributed by atoms with Crippen LogP contribution in [-0.2, 0) is 11.2 Å². The monoisotopic (exact) mass is 282 g/mol. The molecule has 106 valence electrons. The van der Waals surface area contributed by atoms with Crippen molar-refractivity contribution in [1.82, 2.24) is 15.1 Å². The molecule has 0 unspecified atom stereocenters. The molecule has 1 N–H and O–H groups in total. The van der Waals surface area contributed by atoms with Gasteiger partial charge in [0.15, 0.2) is 0 Å². The van der Waals surface area contributed by atoms with Gasteiger partial charge in [-0.3, -0.25) is 15.0 Å². The molecule has 0 aromatic carbocycles. The van der Waals surface area contributed by atoms with Crippen LogP contribution in [-0.4, -0.2) is 40.6 Å². The highest BCUT2D eigenvalue weighted by atomic mass is 32.1. The van der Waals surface area contributed by atoms with E-state index in [1.54, 1.807) is 0 Å². The van der Waals surface area contributed by atoms with Gasteiger partial charge in [-0.05, 0) is 31.7 Å². The minimum Gasteiger partial charge on any atom is -0.299 e. The zero-order valence-electron chi connectivity index (χ0n) is 11.7. The van der Waals surface area contributed by atoms with Gasteiger partial charge in [-0.15, -0.1) is 10.2 Å². The zero-order valence-corrected chi connectivity index (χ0v) is 12.5. The molecule has 0 bridgehead atoms. The van der Waals surface area contributed by atoms with Crippen LogP contribution in [0.2, 0.25) is 0 Å². The maximum absolute atomic E-state index is 11.9. The smallest absolute Gasteiger partial charge is 0.240 e. The van der Waals surface area contributed by atoms with Gasteiger partial charge in [-0.1, -0.05) is 25.2 Å². The van der Waals surface area contributed by atoms with E-state index in [4.69, 9.17) is 0 Å². The van der Waals surface area contributed by atoms with Crippen molar-refractivity contribution >= 4 is 22.4 Å². The maximum atomic E-state index is 11.9. The van der Waals surface area contributed by atoms with Crippen molar-refractivity contribution in [2.24, 2.45) is 5.92 Å². The summed E-state index contributed by atoms with van der Waals surface area (Å²) in [5.41, 5.74) is 0. The van der Waals surface area contributed by atoms with Gasteiger partial charge in [-0.25, -0.2) is 0 Å². The lowest BCUT2D eigenvalue weighted by Gasteiger charge is -2.29. The molecule has 19 heavy (non-hydrogen) atoms. The topological polar surface area (TPSA) is 58.1 Å². The molecule has 1 aromatic heterocycles. The van der Waals surface area contributed by atoms with Crippen LogP contribution >= 0.6 is 11.3 Å². The van der Waals surface area contributed by atoms with E-state index < -0.39 is 0 Å². The molecule has 0 radical (unpaired) electrons. The third-order valence-electron chi connectivity index (χ3n) is 3.29. The molecular formula is C13H22N4OS. The molecular weight excluding hydrogens is 260 g/mol. The summed E-state index contributed by atoms with van der Waals surface area (Å²) in [6, 6.07) is 0. The van der Waals surface area contributed by atoms with Gasteiger partial charge >= 0.3 is 0 Å². The summed E-state index contributed by atoms with van der Waals surface area (Å²) in [7, 11) is 0. The standard InChI is InChI=1S/C13H22N4OS/c1-3-5-12-15-16-13(19-12)14-11(18)9-17-7-4-6-10(2)8-17/h10H,3-9H2,1-2H3,(H,14,16,18)/t10-/m1/s1. The Morgan fingerprint density at radius 3 is 3.11 bits per heavy atom. The van der Waals surface area contributed by atoms with Gasteiger partial charge in [0.25, 0.3) is 0 Å². The van der Waals surface area contributed by atoms with Crippen molar-refractivity contribution in [3.63, 3.8) is 0 Å². The Morgan fingerprint density at radius 1 is 1.53 bits per heavy atom. The lowest BCUT2D eigenvalue weighted by atomic mass is 10.0. The summed E-state index contributed by atoms with van der Waals surface area (Å²) in [6.45, 7) is 6.86. The van der Waals surface area contributed by atoms with Crippen LogP contribution in [0.1, 0.15) is 38.1 Å². The number of rotatable bonds is 5. The number of aryl methyl sites for hydroxylation is 1. The Kier molecular flexibility index (Phi) is 5.27. The summed E-state index contributed by atoms with van der Waals surface area (Å²) in [5.74, 6) is 0.715. The second kappa shape index (κ2) is 6.96. The summed E-state index contributed by atoms with van der Waals surface area (Å²) in [6.07, 6.45) is 4.44. The highest BCUT2D eigenvalue weighted by molar-refractivity contribution is 7.15. The van der Waals surface area contributed by atoms with Crippen molar-refractivity contribution in [2.45, 2.75) is 39.5 Å². The van der Waals surface area contributed by atoms with E-state index in [0.717, 1.165) is 30.9 Å². The molecule has 6 heteroatoms. The first kappa shape index (κ1) is 14.4. The molecule has 1 fully saturated rings. The second-order valence-electron chi connectivity index (χ2n) is 5.28. The fourth-order valence-corrected chi connectivity index (χ4v) is 3.27. The van der Waals surface area contributed by atoms with E-state index in [0.29, 0.717) is 17.6 Å². The molecule has 0 aliphatic carbocycles. The quantitative estimate of drug-likeness (QED) is 0.899. The highest BCUT2D eigenvalue weighted by Gasteiger charge is 2.19. The fraction of sp³-hybridized carbons (Fsp3) is 0.769. The van der Waals surface area contributed by atoms with Crippen LogP contribution < -0.4 is 5.32 Å². The Hall–Kier alpha value is -1.01. The number of hydrogen-bond donors (Lipinski definition) is 1. The Morgan fingerprint density at radius 2 is 2.37 bits per heavy atom. The van der Waals surface area contributed by atoms with Crippen LogP contribution in [0, 0.1) is 5.92 Å². The SMILES string of the molecule is CCCc1nnc(NC(=O)CN2CCC[C@@H](C)C2)s1. The molecule has 1 aromatic rings. The van der Waals surface area contributed by atoms with E-state index in [1.807, 2.05) is 0 Å². The van der Waals surface area contributed by atoms with Gasteiger partial charge in [-0.2, -0.15) is 0 Å². The minimum absolute atomic E-state index is 0.0216. The van der Waals surface area contributed by atoms with Crippen LogP contribution in [0.15, 0.2) is 0 Å². The molecule has 1 aliphatic rings. The summed E-state index contributed by atoms with van der Waals surface area (Å²) < 4.78 is 0. The second-order valence-corrected chi connectivity index (χ2v) is 6.34. The normalized spacial score (nSPS) is 20.4. The van der Waals surface area contributed by atoms with Crippen molar-refractivity contribution in [1.29, 1.82) is 0 Å². The average Bonchev–Trinajstić information content (AvgIpc) is 2.77. The van der Waals surface area contributed by atoms with Gasteiger partial charge in [0, 0.05) is 13.0 Å². The summed E-state index contributed by atoms with van der Waals surface area (Å²) in [5, 5.41) is 12.5. The first-order valence-corrected chi connectivity index (χ1v) is 7.83. The highest BCUT2D eigenvalue weighted by Crippen LogP contribution is 2.17. The van der Waals surface area contributed by atoms with Gasteiger partial charge in [0.1, 0.15) is 5.01 Å². The number of likely N-dealkylation sites (tertiary alicyclic amines) is 1. The minimum atomic E-state index is 0.0216. The third kappa shape index (κ3) is 4.54. The van der Waals surface area contributed by atoms with Gasteiger partial charge in [0.05, 0.1) is 6.54 Å². The van der Waals surface area contributed by atoms with Crippen LogP contribution in [0.4, 0.5) is 5.13 Å². The molecule has 2 heterocycles. The number of amides is 1. The van der Waals surface area contributed by atoms with E-state index in [-0.39, 0.29) is 5.91 Å². The Labute approximate surface area is 118 Å². The molecule has 2 rings (SSSR count). The number of aromatic nitrogens is 2. The maximum Gasteiger partial charge on any atom is 0.240 e. The number of nitrogens with zero attached hydrogens (tertiary/aromatic N) is 3. The van der Waals surface area contributed by atoms with Crippen molar-refractivity contribution in [3.05, 3.63) is 5.01 Å². The average molecular weight is 282 g/mol. The summed E-state index contributed by atoms with van der Waals surface area (Å²) in [4.78, 5) is 14.2. The molecule has 0 saturated carbocycles.